The highest BCUT2D eigenvalue weighted by Gasteiger charge is 2.14. The molecule has 0 bridgehead atoms. The number of rotatable bonds is 4. The molecule has 114 valence electrons. The second-order valence-corrected chi connectivity index (χ2v) is 4.60. The van der Waals surface area contributed by atoms with E-state index >= 15 is 0 Å². The number of halogens is 2. The molecule has 0 saturated carbocycles. The Balaban J connectivity index is 1.96. The van der Waals surface area contributed by atoms with E-state index in [1.807, 2.05) is 6.07 Å². The molecule has 0 unspecified atom stereocenters. The van der Waals surface area contributed by atoms with Gasteiger partial charge in [0.05, 0.1) is 6.54 Å². The van der Waals surface area contributed by atoms with E-state index in [2.05, 4.69) is 5.32 Å². The van der Waals surface area contributed by atoms with Crippen LogP contribution in [0.2, 0.25) is 0 Å². The molecule has 2 amide bonds. The zero-order valence-corrected chi connectivity index (χ0v) is 11.8. The molecule has 4 nitrogen and oxygen atoms in total. The highest BCUT2D eigenvalue weighted by Crippen LogP contribution is 2.11. The predicted octanol–water partition coefficient (Wildman–Crippen LogP) is 2.36. The number of nitrogens with zero attached hydrogens (tertiary/aromatic N) is 1. The number of nitrogens with one attached hydrogen (secondary N) is 1. The smallest absolute Gasteiger partial charge is 0.251 e. The van der Waals surface area contributed by atoms with Gasteiger partial charge in [-0.05, 0) is 30.3 Å². The number of carbonyl (C=O) groups excluding carboxylic acids is 2. The van der Waals surface area contributed by atoms with Gasteiger partial charge in [0.1, 0.15) is 0 Å². The van der Waals surface area contributed by atoms with Crippen LogP contribution >= 0.6 is 0 Å². The lowest BCUT2D eigenvalue weighted by molar-refractivity contribution is -0.117. The third-order valence-electron chi connectivity index (χ3n) is 3.10. The summed E-state index contributed by atoms with van der Waals surface area (Å²) in [7, 11) is 1.58. The summed E-state index contributed by atoms with van der Waals surface area (Å²) in [6, 6.07) is 11.7. The van der Waals surface area contributed by atoms with Crippen molar-refractivity contribution in [1.29, 1.82) is 0 Å². The van der Waals surface area contributed by atoms with Gasteiger partial charge in [-0.15, -0.1) is 0 Å². The average Bonchev–Trinajstić information content (AvgIpc) is 2.54. The molecule has 6 heteroatoms. The van der Waals surface area contributed by atoms with Crippen molar-refractivity contribution in [2.45, 2.75) is 0 Å². The lowest BCUT2D eigenvalue weighted by atomic mass is 10.2. The van der Waals surface area contributed by atoms with Crippen molar-refractivity contribution >= 4 is 17.5 Å². The largest absolute Gasteiger partial charge is 0.343 e. The standard InChI is InChI=1S/C16H14F2N2O2/c1-20(12-5-3-2-4-6-12)15(21)10-19-16(22)11-7-8-13(17)14(18)9-11/h2-9H,10H2,1H3,(H,19,22). The van der Waals surface area contributed by atoms with Crippen LogP contribution < -0.4 is 10.2 Å². The maximum atomic E-state index is 13.1. The number of hydrogen-bond acceptors (Lipinski definition) is 2. The summed E-state index contributed by atoms with van der Waals surface area (Å²) >= 11 is 0. The number of anilines is 1. The first-order valence-corrected chi connectivity index (χ1v) is 6.54. The number of carbonyl (C=O) groups is 2. The lowest BCUT2D eigenvalue weighted by Gasteiger charge is -2.17. The van der Waals surface area contributed by atoms with Gasteiger partial charge in [0.15, 0.2) is 11.6 Å². The van der Waals surface area contributed by atoms with Crippen LogP contribution in [0.5, 0.6) is 0 Å². The molecule has 0 aliphatic carbocycles. The quantitative estimate of drug-likeness (QED) is 0.942. The van der Waals surface area contributed by atoms with Gasteiger partial charge in [0.25, 0.3) is 5.91 Å². The van der Waals surface area contributed by atoms with Gasteiger partial charge in [-0.1, -0.05) is 18.2 Å². The highest BCUT2D eigenvalue weighted by atomic mass is 19.2. The SMILES string of the molecule is CN(C(=O)CNC(=O)c1ccc(F)c(F)c1)c1ccccc1. The molecule has 0 radical (unpaired) electrons. The van der Waals surface area contributed by atoms with E-state index in [9.17, 15) is 18.4 Å². The monoisotopic (exact) mass is 304 g/mol. The van der Waals surface area contributed by atoms with Gasteiger partial charge >= 0.3 is 0 Å². The topological polar surface area (TPSA) is 49.4 Å². The number of para-hydroxylation sites is 1. The van der Waals surface area contributed by atoms with Crippen molar-refractivity contribution in [3.05, 3.63) is 65.7 Å². The van der Waals surface area contributed by atoms with Crippen LogP contribution in [-0.2, 0) is 4.79 Å². The van der Waals surface area contributed by atoms with Crippen LogP contribution in [0.4, 0.5) is 14.5 Å². The molecule has 0 atom stereocenters. The molecular formula is C16H14F2N2O2. The second kappa shape index (κ2) is 6.80. The van der Waals surface area contributed by atoms with Crippen molar-refractivity contribution < 1.29 is 18.4 Å². The predicted molar refractivity (Wildman–Crippen MR) is 78.5 cm³/mol. The zero-order valence-electron chi connectivity index (χ0n) is 11.8. The Labute approximate surface area is 126 Å². The summed E-state index contributed by atoms with van der Waals surface area (Å²) in [5, 5.41) is 2.38. The number of hydrogen-bond donors (Lipinski definition) is 1. The van der Waals surface area contributed by atoms with E-state index in [-0.39, 0.29) is 18.0 Å². The molecule has 1 N–H and O–H groups in total. The maximum absolute atomic E-state index is 13.1. The number of amides is 2. The molecule has 22 heavy (non-hydrogen) atoms. The third kappa shape index (κ3) is 3.66. The Kier molecular flexibility index (Phi) is 4.83. The minimum Gasteiger partial charge on any atom is -0.343 e. The minimum atomic E-state index is -1.11. The van der Waals surface area contributed by atoms with E-state index in [0.717, 1.165) is 18.2 Å². The first-order valence-electron chi connectivity index (χ1n) is 6.54. The van der Waals surface area contributed by atoms with Gasteiger partial charge in [-0.2, -0.15) is 0 Å². The molecule has 0 saturated heterocycles. The van der Waals surface area contributed by atoms with E-state index < -0.39 is 17.5 Å². The van der Waals surface area contributed by atoms with Crippen LogP contribution in [0.15, 0.2) is 48.5 Å². The van der Waals surface area contributed by atoms with Gasteiger partial charge in [-0.25, -0.2) is 8.78 Å². The van der Waals surface area contributed by atoms with Crippen molar-refractivity contribution in [1.82, 2.24) is 5.32 Å². The van der Waals surface area contributed by atoms with Gasteiger partial charge in [0, 0.05) is 18.3 Å². The van der Waals surface area contributed by atoms with Crippen LogP contribution in [0.3, 0.4) is 0 Å². The zero-order chi connectivity index (χ0) is 16.1. The fourth-order valence-electron chi connectivity index (χ4n) is 1.81. The van der Waals surface area contributed by atoms with Crippen molar-refractivity contribution in [3.8, 4) is 0 Å². The summed E-state index contributed by atoms with van der Waals surface area (Å²) in [4.78, 5) is 25.2. The number of likely N-dealkylation sites (N-methyl/N-ethyl adjacent to an activating group) is 1. The van der Waals surface area contributed by atoms with E-state index in [4.69, 9.17) is 0 Å². The summed E-state index contributed by atoms with van der Waals surface area (Å²) < 4.78 is 25.9. The first kappa shape index (κ1) is 15.6. The molecule has 2 rings (SSSR count). The Bertz CT molecular complexity index is 690. The lowest BCUT2D eigenvalue weighted by Crippen LogP contribution is -2.38. The Hall–Kier alpha value is -2.76. The van der Waals surface area contributed by atoms with Crippen molar-refractivity contribution in [3.63, 3.8) is 0 Å². The molecule has 0 aliphatic rings. The first-order chi connectivity index (χ1) is 10.5. The van der Waals surface area contributed by atoms with E-state index in [1.54, 1.807) is 31.3 Å². The summed E-state index contributed by atoms with van der Waals surface area (Å²) in [6.45, 7) is -0.247. The van der Waals surface area contributed by atoms with Crippen LogP contribution in [-0.4, -0.2) is 25.4 Å². The van der Waals surface area contributed by atoms with Gasteiger partial charge < -0.3 is 10.2 Å². The summed E-state index contributed by atoms with van der Waals surface area (Å²) in [5.41, 5.74) is 0.642. The third-order valence-corrected chi connectivity index (χ3v) is 3.10. The molecule has 0 spiro atoms. The molecule has 2 aromatic rings. The average molecular weight is 304 g/mol. The van der Waals surface area contributed by atoms with Crippen molar-refractivity contribution in [2.75, 3.05) is 18.5 Å². The normalized spacial score (nSPS) is 10.1. The Morgan fingerprint density at radius 2 is 1.73 bits per heavy atom. The second-order valence-electron chi connectivity index (χ2n) is 4.60. The fourth-order valence-corrected chi connectivity index (χ4v) is 1.81. The van der Waals surface area contributed by atoms with E-state index in [0.29, 0.717) is 5.69 Å². The van der Waals surface area contributed by atoms with Gasteiger partial charge in [0.2, 0.25) is 5.91 Å². The Morgan fingerprint density at radius 3 is 2.36 bits per heavy atom. The molecule has 2 aromatic carbocycles. The van der Waals surface area contributed by atoms with Crippen LogP contribution in [0.1, 0.15) is 10.4 Å². The summed E-state index contributed by atoms with van der Waals surface area (Å²) in [6.07, 6.45) is 0. The maximum Gasteiger partial charge on any atom is 0.251 e. The Morgan fingerprint density at radius 1 is 1.05 bits per heavy atom. The molecule has 0 fully saturated rings. The molecule has 0 aliphatic heterocycles. The van der Waals surface area contributed by atoms with Crippen LogP contribution in [0.25, 0.3) is 0 Å². The molecular weight excluding hydrogens is 290 g/mol. The highest BCUT2D eigenvalue weighted by molar-refractivity contribution is 6.00. The van der Waals surface area contributed by atoms with Crippen molar-refractivity contribution in [2.24, 2.45) is 0 Å². The van der Waals surface area contributed by atoms with Crippen LogP contribution in [0, 0.1) is 11.6 Å². The van der Waals surface area contributed by atoms with E-state index in [1.165, 1.54) is 4.90 Å². The fraction of sp³-hybridized carbons (Fsp3) is 0.125. The number of benzene rings is 2. The molecule has 0 aromatic heterocycles. The molecule has 0 heterocycles. The summed E-state index contributed by atoms with van der Waals surface area (Å²) in [5.74, 6) is -3.12. The van der Waals surface area contributed by atoms with Gasteiger partial charge in [-0.3, -0.25) is 9.59 Å². The minimum absolute atomic E-state index is 0.0472.